The molecule has 6 nitrogen and oxygen atoms in total. The van der Waals surface area contributed by atoms with Crippen molar-refractivity contribution in [3.63, 3.8) is 0 Å². The zero-order valence-electron chi connectivity index (χ0n) is 20.3. The molecule has 1 fully saturated rings. The molecule has 0 radical (unpaired) electrons. The van der Waals surface area contributed by atoms with Crippen LogP contribution in [-0.4, -0.2) is 46.0 Å². The van der Waals surface area contributed by atoms with Gasteiger partial charge in [-0.05, 0) is 36.3 Å². The van der Waals surface area contributed by atoms with Gasteiger partial charge < -0.3 is 15.1 Å². The van der Waals surface area contributed by atoms with Gasteiger partial charge in [-0.25, -0.2) is 0 Å². The topological polar surface area (TPSA) is 108 Å². The highest BCUT2D eigenvalue weighted by Crippen LogP contribution is 2.72. The first-order valence-corrected chi connectivity index (χ1v) is 12.3. The van der Waals surface area contributed by atoms with Gasteiger partial charge in [-0.1, -0.05) is 55.1 Å². The number of nitrogens with zero attached hydrogens (tertiary/aromatic N) is 3. The van der Waals surface area contributed by atoms with Crippen molar-refractivity contribution in [1.29, 1.82) is 10.5 Å². The number of hydrogen-bond donors (Lipinski definition) is 2. The maximum atomic E-state index is 13.6. The minimum atomic E-state index is -1.89. The number of carbonyl (C=O) groups is 1. The highest BCUT2D eigenvalue weighted by atomic mass is 32.2. The first-order chi connectivity index (χ1) is 17.2. The van der Waals surface area contributed by atoms with Crippen LogP contribution in [0.15, 0.2) is 89.4 Å². The third-order valence-electron chi connectivity index (χ3n) is 7.19. The zero-order valence-corrected chi connectivity index (χ0v) is 21.2. The Hall–Kier alpha value is -3.62. The summed E-state index contributed by atoms with van der Waals surface area (Å²) in [6.45, 7) is 6.08. The molecule has 1 amide bonds. The highest BCUT2D eigenvalue weighted by Gasteiger charge is 2.75. The number of carbonyl (C=O) groups excluding carboxylic acids is 1. The Morgan fingerprint density at radius 3 is 2.44 bits per heavy atom. The summed E-state index contributed by atoms with van der Waals surface area (Å²) in [5, 5.41) is 43.3. The molecule has 4 rings (SSSR count). The average molecular weight is 498 g/mol. The molecule has 7 heteroatoms. The van der Waals surface area contributed by atoms with Crippen LogP contribution >= 0.6 is 11.8 Å². The van der Waals surface area contributed by atoms with Crippen LogP contribution < -0.4 is 0 Å². The van der Waals surface area contributed by atoms with Crippen molar-refractivity contribution in [2.45, 2.75) is 34.2 Å². The maximum Gasteiger partial charge on any atom is 0.228 e. The van der Waals surface area contributed by atoms with Gasteiger partial charge in [0, 0.05) is 36.0 Å². The number of thioether (sulfide) groups is 1. The highest BCUT2D eigenvalue weighted by molar-refractivity contribution is 8.01. The zero-order chi connectivity index (χ0) is 26.3. The molecule has 2 N–H and O–H groups in total. The third kappa shape index (κ3) is 3.51. The standard InChI is InChI=1S/C29H27N3O3S/c1-5-19(16-30)12-11-18(2)29-25(21-9-7-6-8-10-21)24(27(34)32(3)4)26(33)28(29,35)22-14-13-20(17-31)15-23(22)36-29/h5-15,24-26,33,35H,2H2,1,3-4H3/b12-11-,19-5+/t24-,25-,26-,28+,29+/m1/s1. The third-order valence-corrected chi connectivity index (χ3v) is 8.90. The van der Waals surface area contributed by atoms with Crippen molar-refractivity contribution in [1.82, 2.24) is 4.90 Å². The summed E-state index contributed by atoms with van der Waals surface area (Å²) in [7, 11) is 3.25. The summed E-state index contributed by atoms with van der Waals surface area (Å²) >= 11 is 1.31. The van der Waals surface area contributed by atoms with Crippen LogP contribution in [-0.2, 0) is 10.4 Å². The number of allylic oxidation sites excluding steroid dienone is 4. The fourth-order valence-electron chi connectivity index (χ4n) is 5.52. The van der Waals surface area contributed by atoms with E-state index in [9.17, 15) is 25.5 Å². The Labute approximate surface area is 215 Å². The van der Waals surface area contributed by atoms with E-state index in [1.807, 2.05) is 30.3 Å². The van der Waals surface area contributed by atoms with Gasteiger partial charge in [0.2, 0.25) is 5.91 Å². The van der Waals surface area contributed by atoms with E-state index >= 15 is 0 Å². The normalized spacial score (nSPS) is 28.8. The maximum absolute atomic E-state index is 13.6. The number of aliphatic hydroxyl groups is 2. The minimum absolute atomic E-state index is 0.308. The number of aliphatic hydroxyl groups excluding tert-OH is 1. The van der Waals surface area contributed by atoms with Gasteiger partial charge >= 0.3 is 0 Å². The average Bonchev–Trinajstić information content (AvgIpc) is 3.26. The van der Waals surface area contributed by atoms with Crippen LogP contribution in [0.4, 0.5) is 0 Å². The van der Waals surface area contributed by atoms with E-state index in [1.165, 1.54) is 16.7 Å². The van der Waals surface area contributed by atoms with Crippen molar-refractivity contribution in [2.24, 2.45) is 5.92 Å². The molecule has 36 heavy (non-hydrogen) atoms. The van der Waals surface area contributed by atoms with Crippen LogP contribution in [0.1, 0.15) is 29.5 Å². The van der Waals surface area contributed by atoms with Crippen molar-refractivity contribution in [3.8, 4) is 12.1 Å². The van der Waals surface area contributed by atoms with Crippen molar-refractivity contribution in [2.75, 3.05) is 14.1 Å². The van der Waals surface area contributed by atoms with E-state index < -0.39 is 28.3 Å². The predicted molar refractivity (Wildman–Crippen MR) is 139 cm³/mol. The Kier molecular flexibility index (Phi) is 6.68. The molecule has 2 aromatic carbocycles. The lowest BCUT2D eigenvalue weighted by Gasteiger charge is -2.42. The van der Waals surface area contributed by atoms with Crippen molar-refractivity contribution >= 4 is 17.7 Å². The van der Waals surface area contributed by atoms with Crippen LogP contribution in [0.3, 0.4) is 0 Å². The Bertz CT molecular complexity index is 1370. The van der Waals surface area contributed by atoms with Gasteiger partial charge in [0.15, 0.2) is 0 Å². The number of hydrogen-bond acceptors (Lipinski definition) is 6. The quantitative estimate of drug-likeness (QED) is 0.477. The van der Waals surface area contributed by atoms with Crippen molar-refractivity contribution < 1.29 is 15.0 Å². The molecule has 0 bridgehead atoms. The lowest BCUT2D eigenvalue weighted by Crippen LogP contribution is -2.50. The molecule has 1 aliphatic carbocycles. The molecular formula is C29H27N3O3S. The summed E-state index contributed by atoms with van der Waals surface area (Å²) in [5.74, 6) is -1.94. The van der Waals surface area contributed by atoms with Gasteiger partial charge in [-0.3, -0.25) is 4.79 Å². The summed E-state index contributed by atoms with van der Waals surface area (Å²) < 4.78 is -1.29. The van der Waals surface area contributed by atoms with E-state index in [2.05, 4.69) is 18.7 Å². The summed E-state index contributed by atoms with van der Waals surface area (Å²) in [4.78, 5) is 15.6. The molecule has 2 aromatic rings. The van der Waals surface area contributed by atoms with Gasteiger partial charge in [-0.2, -0.15) is 10.5 Å². The fraction of sp³-hybridized carbons (Fsp3) is 0.276. The second-order valence-electron chi connectivity index (χ2n) is 9.23. The summed E-state index contributed by atoms with van der Waals surface area (Å²) in [6, 6.07) is 18.5. The molecule has 1 heterocycles. The van der Waals surface area contributed by atoms with E-state index in [1.54, 1.807) is 57.4 Å². The van der Waals surface area contributed by atoms with Gasteiger partial charge in [0.1, 0.15) is 11.7 Å². The molecule has 2 aliphatic rings. The number of amides is 1. The molecular weight excluding hydrogens is 470 g/mol. The second kappa shape index (κ2) is 9.44. The summed E-state index contributed by atoms with van der Waals surface area (Å²) in [6.07, 6.45) is 3.51. The molecule has 1 saturated carbocycles. The lowest BCUT2D eigenvalue weighted by atomic mass is 9.72. The summed E-state index contributed by atoms with van der Waals surface area (Å²) in [5.41, 5.74) is 0.639. The van der Waals surface area contributed by atoms with E-state index in [-0.39, 0.29) is 5.91 Å². The molecule has 0 unspecified atom stereocenters. The molecule has 0 spiro atoms. The van der Waals surface area contributed by atoms with E-state index in [0.29, 0.717) is 27.2 Å². The minimum Gasteiger partial charge on any atom is -0.389 e. The SMILES string of the molecule is C=C(/C=C\C(C#N)=C/C)[C@@]12Sc3cc(C#N)ccc3[C@]1(O)[C@H](O)[C@H](C(=O)N(C)C)[C@H]2c1ccccc1. The monoisotopic (exact) mass is 497 g/mol. The Balaban J connectivity index is 2.05. The van der Waals surface area contributed by atoms with E-state index in [4.69, 9.17) is 0 Å². The smallest absolute Gasteiger partial charge is 0.228 e. The molecule has 0 saturated heterocycles. The predicted octanol–water partition coefficient (Wildman–Crippen LogP) is 4.04. The van der Waals surface area contributed by atoms with Crippen LogP contribution in [0, 0.1) is 28.6 Å². The van der Waals surface area contributed by atoms with Gasteiger partial charge in [0.05, 0.1) is 28.4 Å². The van der Waals surface area contributed by atoms with Crippen molar-refractivity contribution in [3.05, 3.63) is 101 Å². The first kappa shape index (κ1) is 25.5. The van der Waals surface area contributed by atoms with Crippen LogP contribution in [0.2, 0.25) is 0 Å². The second-order valence-corrected chi connectivity index (χ2v) is 10.5. The fourth-order valence-corrected chi connectivity index (χ4v) is 7.38. The number of fused-ring (bicyclic) bond motifs is 3. The molecule has 0 aromatic heterocycles. The number of benzene rings is 2. The van der Waals surface area contributed by atoms with Crippen LogP contribution in [0.25, 0.3) is 0 Å². The van der Waals surface area contributed by atoms with Crippen LogP contribution in [0.5, 0.6) is 0 Å². The molecule has 182 valence electrons. The molecule has 1 aliphatic heterocycles. The largest absolute Gasteiger partial charge is 0.389 e. The Morgan fingerprint density at radius 1 is 1.17 bits per heavy atom. The molecule has 5 atom stereocenters. The Morgan fingerprint density at radius 2 is 1.86 bits per heavy atom. The first-order valence-electron chi connectivity index (χ1n) is 11.5. The number of rotatable bonds is 5. The number of nitriles is 2. The van der Waals surface area contributed by atoms with E-state index in [0.717, 1.165) is 5.56 Å². The van der Waals surface area contributed by atoms with Gasteiger partial charge in [0.25, 0.3) is 0 Å². The lowest BCUT2D eigenvalue weighted by molar-refractivity contribution is -0.141. The van der Waals surface area contributed by atoms with Gasteiger partial charge in [-0.15, -0.1) is 11.8 Å².